The van der Waals surface area contributed by atoms with Gasteiger partial charge in [0.2, 0.25) is 10.0 Å². The maximum Gasteiger partial charge on any atom is 0.244 e. The second kappa shape index (κ2) is 5.34. The van der Waals surface area contributed by atoms with Gasteiger partial charge in [-0.3, -0.25) is 0 Å². The molecule has 124 valence electrons. The van der Waals surface area contributed by atoms with Crippen LogP contribution >= 0.6 is 0 Å². The van der Waals surface area contributed by atoms with Crippen LogP contribution in [0.5, 0.6) is 0 Å². The number of hydrogen-bond donors (Lipinski definition) is 0. The Morgan fingerprint density at radius 2 is 1.50 bits per heavy atom. The molecule has 0 unspecified atom stereocenters. The van der Waals surface area contributed by atoms with E-state index in [1.807, 2.05) is 27.7 Å². The molecule has 1 aromatic rings. The van der Waals surface area contributed by atoms with E-state index in [0.717, 1.165) is 11.1 Å². The SMILES string of the molecule is CC(C)c1cc(C(C)C)c2c(c1)C(C)(C)N(C(C)C)S2(=O)=O. The van der Waals surface area contributed by atoms with E-state index in [4.69, 9.17) is 0 Å². The average molecular weight is 324 g/mol. The van der Waals surface area contributed by atoms with E-state index in [1.54, 1.807) is 4.31 Å². The van der Waals surface area contributed by atoms with Crippen molar-refractivity contribution in [1.82, 2.24) is 4.31 Å². The van der Waals surface area contributed by atoms with E-state index in [0.29, 0.717) is 10.8 Å². The lowest BCUT2D eigenvalue weighted by Gasteiger charge is -2.33. The lowest BCUT2D eigenvalue weighted by atomic mass is 9.86. The fraction of sp³-hybridized carbons (Fsp3) is 0.667. The summed E-state index contributed by atoms with van der Waals surface area (Å²) < 4.78 is 28.0. The van der Waals surface area contributed by atoms with Crippen LogP contribution in [0.15, 0.2) is 17.0 Å². The van der Waals surface area contributed by atoms with Crippen LogP contribution < -0.4 is 0 Å². The van der Waals surface area contributed by atoms with Gasteiger partial charge in [0.25, 0.3) is 0 Å². The third-order valence-electron chi connectivity index (χ3n) is 4.62. The molecule has 0 saturated heterocycles. The molecule has 1 aliphatic heterocycles. The fourth-order valence-electron chi connectivity index (χ4n) is 3.62. The molecular formula is C18H29NO2S. The van der Waals surface area contributed by atoms with Gasteiger partial charge in [-0.15, -0.1) is 0 Å². The summed E-state index contributed by atoms with van der Waals surface area (Å²) in [5, 5.41) is 0. The van der Waals surface area contributed by atoms with E-state index in [9.17, 15) is 8.42 Å². The van der Waals surface area contributed by atoms with E-state index < -0.39 is 15.6 Å². The summed E-state index contributed by atoms with van der Waals surface area (Å²) in [5.74, 6) is 0.569. The van der Waals surface area contributed by atoms with Gasteiger partial charge in [0.1, 0.15) is 0 Å². The number of nitrogens with zero attached hydrogens (tertiary/aromatic N) is 1. The van der Waals surface area contributed by atoms with Gasteiger partial charge in [-0.05, 0) is 56.2 Å². The first-order chi connectivity index (χ1) is 9.92. The number of rotatable bonds is 3. The molecule has 0 spiro atoms. The zero-order valence-electron chi connectivity index (χ0n) is 15.1. The number of benzene rings is 1. The first-order valence-electron chi connectivity index (χ1n) is 8.15. The quantitative estimate of drug-likeness (QED) is 0.816. The molecule has 3 nitrogen and oxygen atoms in total. The van der Waals surface area contributed by atoms with E-state index >= 15 is 0 Å². The van der Waals surface area contributed by atoms with Crippen molar-refractivity contribution < 1.29 is 8.42 Å². The van der Waals surface area contributed by atoms with Gasteiger partial charge in [0.05, 0.1) is 10.4 Å². The summed E-state index contributed by atoms with van der Waals surface area (Å²) in [4.78, 5) is 0.547. The molecule has 0 aliphatic carbocycles. The highest BCUT2D eigenvalue weighted by Crippen LogP contribution is 2.48. The molecule has 0 aromatic heterocycles. The molecule has 22 heavy (non-hydrogen) atoms. The van der Waals surface area contributed by atoms with Gasteiger partial charge in [-0.25, -0.2) is 8.42 Å². The molecule has 4 heteroatoms. The predicted octanol–water partition coefficient (Wildman–Crippen LogP) is 4.58. The van der Waals surface area contributed by atoms with Crippen molar-refractivity contribution in [2.75, 3.05) is 0 Å². The highest BCUT2D eigenvalue weighted by atomic mass is 32.2. The van der Waals surface area contributed by atoms with Crippen LogP contribution in [0.3, 0.4) is 0 Å². The topological polar surface area (TPSA) is 37.4 Å². The van der Waals surface area contributed by atoms with Crippen molar-refractivity contribution >= 4 is 10.0 Å². The van der Waals surface area contributed by atoms with Crippen LogP contribution in [-0.2, 0) is 15.6 Å². The predicted molar refractivity (Wildman–Crippen MR) is 91.8 cm³/mol. The number of sulfonamides is 1. The molecule has 0 bridgehead atoms. The van der Waals surface area contributed by atoms with Crippen molar-refractivity contribution in [3.05, 3.63) is 28.8 Å². The largest absolute Gasteiger partial charge is 0.244 e. The van der Waals surface area contributed by atoms with Crippen LogP contribution in [-0.4, -0.2) is 18.8 Å². The Morgan fingerprint density at radius 3 is 1.91 bits per heavy atom. The molecule has 1 aromatic carbocycles. The third kappa shape index (κ3) is 2.41. The zero-order valence-corrected chi connectivity index (χ0v) is 15.9. The summed E-state index contributed by atoms with van der Waals surface area (Å²) in [7, 11) is -3.44. The Bertz CT molecular complexity index is 685. The smallest absolute Gasteiger partial charge is 0.207 e. The highest BCUT2D eigenvalue weighted by Gasteiger charge is 2.50. The molecule has 0 radical (unpaired) electrons. The molecule has 0 amide bonds. The van der Waals surface area contributed by atoms with Crippen molar-refractivity contribution in [2.45, 2.75) is 83.7 Å². The molecular weight excluding hydrogens is 294 g/mol. The number of hydrogen-bond acceptors (Lipinski definition) is 2. The van der Waals surface area contributed by atoms with Crippen molar-refractivity contribution in [1.29, 1.82) is 0 Å². The average Bonchev–Trinajstić information content (AvgIpc) is 2.51. The summed E-state index contributed by atoms with van der Waals surface area (Å²) >= 11 is 0. The zero-order chi connectivity index (χ0) is 17.0. The number of fused-ring (bicyclic) bond motifs is 1. The molecule has 0 fully saturated rings. The minimum atomic E-state index is -3.44. The molecule has 1 heterocycles. The van der Waals surface area contributed by atoms with Crippen LogP contribution in [0.25, 0.3) is 0 Å². The minimum Gasteiger partial charge on any atom is -0.207 e. The van der Waals surface area contributed by atoms with Crippen LogP contribution in [0.2, 0.25) is 0 Å². The maximum absolute atomic E-state index is 13.2. The second-order valence-corrected chi connectivity index (χ2v) is 9.50. The Balaban J connectivity index is 2.89. The summed E-state index contributed by atoms with van der Waals surface area (Å²) in [6.45, 7) is 16.4. The third-order valence-corrected chi connectivity index (χ3v) is 6.99. The summed E-state index contributed by atoms with van der Waals surface area (Å²) in [6, 6.07) is 4.13. The molecule has 0 N–H and O–H groups in total. The van der Waals surface area contributed by atoms with Crippen molar-refractivity contribution in [2.24, 2.45) is 0 Å². The lowest BCUT2D eigenvalue weighted by Crippen LogP contribution is -2.43. The highest BCUT2D eigenvalue weighted by molar-refractivity contribution is 7.89. The lowest BCUT2D eigenvalue weighted by molar-refractivity contribution is 0.204. The molecule has 0 atom stereocenters. The molecule has 2 rings (SSSR count). The van der Waals surface area contributed by atoms with Crippen molar-refractivity contribution in [3.63, 3.8) is 0 Å². The standard InChI is InChI=1S/C18H29NO2S/c1-11(2)14-9-15(12(3)4)17-16(10-14)18(7,8)19(13(5)6)22(17,20)21/h9-13H,1-8H3. The van der Waals surface area contributed by atoms with E-state index in [-0.39, 0.29) is 12.0 Å². The maximum atomic E-state index is 13.2. The van der Waals surface area contributed by atoms with Crippen LogP contribution in [0, 0.1) is 0 Å². The van der Waals surface area contributed by atoms with Gasteiger partial charge in [-0.1, -0.05) is 39.8 Å². The van der Waals surface area contributed by atoms with Gasteiger partial charge >= 0.3 is 0 Å². The first-order valence-corrected chi connectivity index (χ1v) is 9.59. The fourth-order valence-corrected chi connectivity index (χ4v) is 6.25. The monoisotopic (exact) mass is 323 g/mol. The Morgan fingerprint density at radius 1 is 0.955 bits per heavy atom. The van der Waals surface area contributed by atoms with Gasteiger partial charge < -0.3 is 0 Å². The van der Waals surface area contributed by atoms with E-state index in [1.165, 1.54) is 5.56 Å². The van der Waals surface area contributed by atoms with Gasteiger partial charge in [0.15, 0.2) is 0 Å². The Kier molecular flexibility index (Phi) is 4.25. The Hall–Kier alpha value is -0.870. The van der Waals surface area contributed by atoms with Crippen LogP contribution in [0.4, 0.5) is 0 Å². The first kappa shape index (κ1) is 17.5. The van der Waals surface area contributed by atoms with Gasteiger partial charge in [-0.2, -0.15) is 4.31 Å². The Labute approximate surface area is 135 Å². The van der Waals surface area contributed by atoms with Gasteiger partial charge in [0, 0.05) is 6.04 Å². The second-order valence-electron chi connectivity index (χ2n) is 7.75. The molecule has 1 aliphatic rings. The molecule has 0 saturated carbocycles. The summed E-state index contributed by atoms with van der Waals surface area (Å²) in [6.07, 6.45) is 0. The van der Waals surface area contributed by atoms with Crippen LogP contribution in [0.1, 0.15) is 83.9 Å². The minimum absolute atomic E-state index is 0.0603. The van der Waals surface area contributed by atoms with E-state index in [2.05, 4.69) is 39.8 Å². The summed E-state index contributed by atoms with van der Waals surface area (Å²) in [5.41, 5.74) is 2.63. The van der Waals surface area contributed by atoms with Crippen molar-refractivity contribution in [3.8, 4) is 0 Å². The normalized spacial score (nSPS) is 20.1.